The van der Waals surface area contributed by atoms with Crippen LogP contribution in [0.1, 0.15) is 48.5 Å². The van der Waals surface area contributed by atoms with Crippen LogP contribution in [0, 0.1) is 6.92 Å². The Kier molecular flexibility index (Phi) is 10.4. The van der Waals surface area contributed by atoms with Crippen LogP contribution in [0.3, 0.4) is 0 Å². The van der Waals surface area contributed by atoms with Crippen LogP contribution < -0.4 is 10.6 Å². The van der Waals surface area contributed by atoms with Crippen molar-refractivity contribution in [2.75, 3.05) is 23.8 Å². The number of rotatable bonds is 11. The number of benzene rings is 2. The van der Waals surface area contributed by atoms with Gasteiger partial charge in [0, 0.05) is 22.8 Å². The Morgan fingerprint density at radius 2 is 1.55 bits per heavy atom. The number of unbranched alkanes of at least 4 members (excludes halogenated alkanes) is 1. The fraction of sp³-hybridized carbons (Fsp3) is 0.333. The zero-order valence-corrected chi connectivity index (χ0v) is 19.4. The Balaban J connectivity index is 1.69. The van der Waals surface area contributed by atoms with Crippen molar-refractivity contribution in [1.82, 2.24) is 0 Å². The van der Waals surface area contributed by atoms with Gasteiger partial charge in [-0.15, -0.1) is 0 Å². The van der Waals surface area contributed by atoms with Gasteiger partial charge in [0.15, 0.2) is 6.61 Å². The third kappa shape index (κ3) is 9.33. The molecule has 2 N–H and O–H groups in total. The highest BCUT2D eigenvalue weighted by molar-refractivity contribution is 6.31. The molecule has 0 atom stereocenters. The fourth-order valence-electron chi connectivity index (χ4n) is 2.61. The van der Waals surface area contributed by atoms with Crippen molar-refractivity contribution in [1.29, 1.82) is 0 Å². The number of anilines is 2. The molecule has 2 aromatic carbocycles. The Bertz CT molecular complexity index is 991. The van der Waals surface area contributed by atoms with Gasteiger partial charge in [0.1, 0.15) is 0 Å². The Hall–Kier alpha value is -3.39. The molecule has 0 aliphatic heterocycles. The topological polar surface area (TPSA) is 111 Å². The van der Waals surface area contributed by atoms with Crippen LogP contribution >= 0.6 is 11.6 Å². The van der Waals surface area contributed by atoms with E-state index in [1.807, 2.05) is 13.8 Å². The number of aryl methyl sites for hydroxylation is 1. The first-order chi connectivity index (χ1) is 15.8. The predicted molar refractivity (Wildman–Crippen MR) is 125 cm³/mol. The zero-order valence-electron chi connectivity index (χ0n) is 18.6. The average molecular weight is 475 g/mol. The second kappa shape index (κ2) is 13.2. The van der Waals surface area contributed by atoms with Crippen molar-refractivity contribution in [2.45, 2.75) is 39.5 Å². The van der Waals surface area contributed by atoms with Crippen LogP contribution in [0.15, 0.2) is 42.5 Å². The number of amides is 2. The number of nitrogens with one attached hydrogen (secondary N) is 2. The molecule has 0 heterocycles. The maximum atomic E-state index is 12.0. The number of carbonyl (C=O) groups excluding carboxylic acids is 4. The maximum absolute atomic E-state index is 12.0. The standard InChI is InChI=1S/C24H27ClN2O6/c1-3-4-13-32-24(31)17-6-9-18(10-7-17)26-21(28)11-12-23(30)33-15-22(29)27-19-8-5-16(2)20(25)14-19/h5-10,14H,3-4,11-13,15H2,1-2H3,(H,26,28)(H,27,29). The van der Waals surface area contributed by atoms with Crippen LogP contribution in [-0.4, -0.2) is 37.0 Å². The van der Waals surface area contributed by atoms with Crippen molar-refractivity contribution >= 4 is 46.7 Å². The van der Waals surface area contributed by atoms with E-state index in [9.17, 15) is 19.2 Å². The van der Waals surface area contributed by atoms with Crippen LogP contribution in [0.2, 0.25) is 5.02 Å². The Morgan fingerprint density at radius 1 is 0.879 bits per heavy atom. The normalized spacial score (nSPS) is 10.3. The van der Waals surface area contributed by atoms with E-state index in [1.54, 1.807) is 42.5 Å². The molecule has 0 aliphatic carbocycles. The monoisotopic (exact) mass is 474 g/mol. The summed E-state index contributed by atoms with van der Waals surface area (Å²) in [6.07, 6.45) is 1.43. The molecule has 0 radical (unpaired) electrons. The number of hydrogen-bond acceptors (Lipinski definition) is 6. The summed E-state index contributed by atoms with van der Waals surface area (Å²) < 4.78 is 10.0. The highest BCUT2D eigenvalue weighted by Gasteiger charge is 2.12. The van der Waals surface area contributed by atoms with Crippen molar-refractivity contribution in [2.24, 2.45) is 0 Å². The summed E-state index contributed by atoms with van der Waals surface area (Å²) in [7, 11) is 0. The molecule has 9 heteroatoms. The highest BCUT2D eigenvalue weighted by atomic mass is 35.5. The minimum atomic E-state index is -0.674. The molecule has 0 saturated carbocycles. The molecular formula is C24H27ClN2O6. The SMILES string of the molecule is CCCCOC(=O)c1ccc(NC(=O)CCC(=O)OCC(=O)Nc2ccc(C)c(Cl)c2)cc1. The van der Waals surface area contributed by atoms with Gasteiger partial charge in [-0.1, -0.05) is 31.0 Å². The molecule has 0 aromatic heterocycles. The Morgan fingerprint density at radius 3 is 2.21 bits per heavy atom. The van der Waals surface area contributed by atoms with Gasteiger partial charge >= 0.3 is 11.9 Å². The first-order valence-corrected chi connectivity index (χ1v) is 10.9. The Labute approximate surface area is 197 Å². The molecule has 2 aromatic rings. The van der Waals surface area contributed by atoms with Crippen LogP contribution in [0.5, 0.6) is 0 Å². The second-order valence-corrected chi connectivity index (χ2v) is 7.70. The summed E-state index contributed by atoms with van der Waals surface area (Å²) in [6.45, 7) is 3.74. The molecule has 33 heavy (non-hydrogen) atoms. The molecule has 8 nitrogen and oxygen atoms in total. The molecule has 0 bridgehead atoms. The number of hydrogen-bond donors (Lipinski definition) is 2. The molecule has 0 aliphatic rings. The number of ether oxygens (including phenoxy) is 2. The molecule has 0 spiro atoms. The van der Waals surface area contributed by atoms with Gasteiger partial charge in [-0.2, -0.15) is 0 Å². The highest BCUT2D eigenvalue weighted by Crippen LogP contribution is 2.19. The predicted octanol–water partition coefficient (Wildman–Crippen LogP) is 4.51. The second-order valence-electron chi connectivity index (χ2n) is 7.29. The van der Waals surface area contributed by atoms with E-state index >= 15 is 0 Å². The number of halogens is 1. The summed E-state index contributed by atoms with van der Waals surface area (Å²) in [6, 6.07) is 11.3. The van der Waals surface area contributed by atoms with Crippen molar-refractivity contribution in [3.8, 4) is 0 Å². The van der Waals surface area contributed by atoms with E-state index in [4.69, 9.17) is 21.1 Å². The molecule has 0 fully saturated rings. The van der Waals surface area contributed by atoms with E-state index in [0.717, 1.165) is 18.4 Å². The van der Waals surface area contributed by atoms with E-state index < -0.39 is 30.4 Å². The van der Waals surface area contributed by atoms with Gasteiger partial charge in [0.25, 0.3) is 5.91 Å². The van der Waals surface area contributed by atoms with Gasteiger partial charge < -0.3 is 20.1 Å². The molecule has 0 saturated heterocycles. The van der Waals surface area contributed by atoms with E-state index in [0.29, 0.717) is 28.6 Å². The minimum Gasteiger partial charge on any atom is -0.462 e. The molecular weight excluding hydrogens is 448 g/mol. The summed E-state index contributed by atoms with van der Waals surface area (Å²) in [5, 5.41) is 5.72. The minimum absolute atomic E-state index is 0.116. The number of esters is 2. The van der Waals surface area contributed by atoms with Gasteiger partial charge in [-0.3, -0.25) is 14.4 Å². The van der Waals surface area contributed by atoms with Crippen LogP contribution in [-0.2, 0) is 23.9 Å². The lowest BCUT2D eigenvalue weighted by Gasteiger charge is -2.08. The lowest BCUT2D eigenvalue weighted by molar-refractivity contribution is -0.147. The van der Waals surface area contributed by atoms with Crippen molar-refractivity contribution in [3.63, 3.8) is 0 Å². The van der Waals surface area contributed by atoms with Gasteiger partial charge in [-0.25, -0.2) is 4.79 Å². The lowest BCUT2D eigenvalue weighted by atomic mass is 10.2. The van der Waals surface area contributed by atoms with Gasteiger partial charge in [-0.05, 0) is 55.3 Å². The summed E-state index contributed by atoms with van der Waals surface area (Å²) in [4.78, 5) is 47.6. The summed E-state index contributed by atoms with van der Waals surface area (Å²) >= 11 is 6.00. The third-order valence-electron chi connectivity index (χ3n) is 4.51. The quantitative estimate of drug-likeness (QED) is 0.366. The largest absolute Gasteiger partial charge is 0.462 e. The van der Waals surface area contributed by atoms with Crippen LogP contribution in [0.25, 0.3) is 0 Å². The smallest absolute Gasteiger partial charge is 0.338 e. The first-order valence-electron chi connectivity index (χ1n) is 10.6. The molecule has 176 valence electrons. The number of carbonyl (C=O) groups is 4. The first kappa shape index (κ1) is 25.9. The fourth-order valence-corrected chi connectivity index (χ4v) is 2.79. The van der Waals surface area contributed by atoms with Crippen LogP contribution in [0.4, 0.5) is 11.4 Å². The lowest BCUT2D eigenvalue weighted by Crippen LogP contribution is -2.21. The molecule has 2 amide bonds. The zero-order chi connectivity index (χ0) is 24.2. The molecule has 2 rings (SSSR count). The van der Waals surface area contributed by atoms with Gasteiger partial charge in [0.2, 0.25) is 5.91 Å². The maximum Gasteiger partial charge on any atom is 0.338 e. The third-order valence-corrected chi connectivity index (χ3v) is 4.92. The molecule has 0 unspecified atom stereocenters. The summed E-state index contributed by atoms with van der Waals surface area (Å²) in [5.41, 5.74) is 2.24. The van der Waals surface area contributed by atoms with E-state index in [1.165, 1.54) is 0 Å². The van der Waals surface area contributed by atoms with Crippen molar-refractivity contribution in [3.05, 3.63) is 58.6 Å². The van der Waals surface area contributed by atoms with Crippen molar-refractivity contribution < 1.29 is 28.7 Å². The van der Waals surface area contributed by atoms with Gasteiger partial charge in [0.05, 0.1) is 18.6 Å². The summed E-state index contributed by atoms with van der Waals surface area (Å²) in [5.74, 6) is -2.00. The van der Waals surface area contributed by atoms with E-state index in [2.05, 4.69) is 10.6 Å². The average Bonchev–Trinajstić information content (AvgIpc) is 2.79. The van der Waals surface area contributed by atoms with E-state index in [-0.39, 0.29) is 12.8 Å².